The lowest BCUT2D eigenvalue weighted by Gasteiger charge is -1.80. The van der Waals surface area contributed by atoms with Crippen molar-refractivity contribution in [2.45, 2.75) is 13.3 Å². The second-order valence-corrected chi connectivity index (χ2v) is 1.30. The Kier molecular flexibility index (Phi) is 2.05. The molecule has 7 heavy (non-hydrogen) atoms. The Bertz CT molecular complexity index is 85.9. The van der Waals surface area contributed by atoms with Crippen molar-refractivity contribution in [2.24, 2.45) is 0 Å². The van der Waals surface area contributed by atoms with E-state index in [0.717, 1.165) is 0 Å². The van der Waals surface area contributed by atoms with Gasteiger partial charge in [-0.25, -0.2) is 0 Å². The molecule has 0 spiro atoms. The highest BCUT2D eigenvalue weighted by Crippen LogP contribution is 1.76. The average Bonchev–Trinajstić information content (AvgIpc) is 1.27. The maximum Gasteiger partial charge on any atom is 0.245 e. The van der Waals surface area contributed by atoms with Crippen molar-refractivity contribution >= 4 is 11.7 Å². The molecular formula is C4H6NO2. The lowest BCUT2D eigenvalue weighted by atomic mass is 10.3. The summed E-state index contributed by atoms with van der Waals surface area (Å²) >= 11 is 0. The first-order valence-corrected chi connectivity index (χ1v) is 1.87. The first kappa shape index (κ1) is 6.14. The highest BCUT2D eigenvalue weighted by molar-refractivity contribution is 5.95. The second-order valence-electron chi connectivity index (χ2n) is 1.30. The van der Waals surface area contributed by atoms with Crippen molar-refractivity contribution in [1.82, 2.24) is 5.73 Å². The maximum absolute atomic E-state index is 9.91. The van der Waals surface area contributed by atoms with Gasteiger partial charge in [-0.2, -0.15) is 0 Å². The molecular weight excluding hydrogens is 94.0 g/mol. The Labute approximate surface area is 41.5 Å². The van der Waals surface area contributed by atoms with Crippen LogP contribution < -0.4 is 5.73 Å². The zero-order chi connectivity index (χ0) is 5.86. The largest absolute Gasteiger partial charge is 0.299 e. The molecule has 0 saturated heterocycles. The van der Waals surface area contributed by atoms with Crippen LogP contribution in [0.4, 0.5) is 0 Å². The molecule has 3 heteroatoms. The normalized spacial score (nSPS) is 8.14. The van der Waals surface area contributed by atoms with Crippen molar-refractivity contribution in [3.63, 3.8) is 0 Å². The van der Waals surface area contributed by atoms with Gasteiger partial charge >= 0.3 is 0 Å². The summed E-state index contributed by atoms with van der Waals surface area (Å²) in [5.74, 6) is -1.06. The minimum Gasteiger partial charge on any atom is -0.299 e. The number of rotatable bonds is 2. The summed E-state index contributed by atoms with van der Waals surface area (Å²) in [6, 6.07) is 0. The molecule has 0 atom stereocenters. The number of hydrogen-bond donors (Lipinski definition) is 0. The molecule has 1 radical (unpaired) electrons. The van der Waals surface area contributed by atoms with Crippen molar-refractivity contribution in [1.29, 1.82) is 0 Å². The lowest BCUT2D eigenvalue weighted by molar-refractivity contribution is -0.125. The molecule has 0 aromatic carbocycles. The van der Waals surface area contributed by atoms with Gasteiger partial charge in [0.25, 0.3) is 0 Å². The summed E-state index contributed by atoms with van der Waals surface area (Å²) < 4.78 is 0. The van der Waals surface area contributed by atoms with Crippen LogP contribution >= 0.6 is 0 Å². The van der Waals surface area contributed by atoms with Crippen LogP contribution in [0.2, 0.25) is 0 Å². The van der Waals surface area contributed by atoms with Crippen molar-refractivity contribution in [3.8, 4) is 0 Å². The van der Waals surface area contributed by atoms with Gasteiger partial charge in [0.2, 0.25) is 5.91 Å². The van der Waals surface area contributed by atoms with Gasteiger partial charge in [-0.05, 0) is 6.92 Å². The molecule has 1 amide bonds. The summed E-state index contributed by atoms with van der Waals surface area (Å²) in [5, 5.41) is 0. The third kappa shape index (κ3) is 5.14. The van der Waals surface area contributed by atoms with Gasteiger partial charge in [0.05, 0.1) is 6.42 Å². The predicted molar refractivity (Wildman–Crippen MR) is 23.4 cm³/mol. The minimum absolute atomic E-state index is 0.250. The third-order valence-corrected chi connectivity index (χ3v) is 0.410. The molecule has 3 nitrogen and oxygen atoms in total. The number of carbonyl (C=O) groups excluding carboxylic acids is 2. The van der Waals surface area contributed by atoms with Gasteiger partial charge in [-0.1, -0.05) is 0 Å². The lowest BCUT2D eigenvalue weighted by Crippen LogP contribution is -2.03. The fraction of sp³-hybridized carbons (Fsp3) is 0.500. The Balaban J connectivity index is 3.32. The molecule has 0 aromatic rings. The molecule has 0 bridgehead atoms. The fourth-order valence-electron chi connectivity index (χ4n) is 0.226. The summed E-state index contributed by atoms with van der Waals surface area (Å²) in [5.41, 5.74) is 6.25. The Hall–Kier alpha value is -0.860. The summed E-state index contributed by atoms with van der Waals surface area (Å²) in [4.78, 5) is 19.6. The van der Waals surface area contributed by atoms with E-state index in [2.05, 4.69) is 0 Å². The van der Waals surface area contributed by atoms with E-state index in [1.54, 1.807) is 0 Å². The van der Waals surface area contributed by atoms with Crippen LogP contribution in [0.15, 0.2) is 0 Å². The van der Waals surface area contributed by atoms with E-state index in [0.29, 0.717) is 0 Å². The molecule has 0 rings (SSSR count). The van der Waals surface area contributed by atoms with Crippen LogP contribution in [0.1, 0.15) is 13.3 Å². The standard InChI is InChI=1S/C4H6NO2/c1-3(6)2-4(5)7/h5H,2H2,1H3. The molecule has 0 saturated carbocycles. The zero-order valence-electron chi connectivity index (χ0n) is 4.02. The molecule has 1 N–H and O–H groups in total. The van der Waals surface area contributed by atoms with Gasteiger partial charge < -0.3 is 0 Å². The van der Waals surface area contributed by atoms with Crippen LogP contribution in [0.5, 0.6) is 0 Å². The number of hydrogen-bond acceptors (Lipinski definition) is 2. The Morgan fingerprint density at radius 3 is 2.00 bits per heavy atom. The van der Waals surface area contributed by atoms with Crippen LogP contribution in [-0.4, -0.2) is 11.7 Å². The summed E-state index contributed by atoms with van der Waals surface area (Å²) in [6.07, 6.45) is -0.250. The molecule has 0 aliphatic heterocycles. The highest BCUT2D eigenvalue weighted by Gasteiger charge is 1.96. The first-order chi connectivity index (χ1) is 3.13. The SMILES string of the molecule is CC(=O)CC([NH])=O. The van der Waals surface area contributed by atoms with E-state index in [1.165, 1.54) is 6.92 Å². The van der Waals surface area contributed by atoms with Crippen LogP contribution in [0.25, 0.3) is 0 Å². The monoisotopic (exact) mass is 100 g/mol. The Morgan fingerprint density at radius 2 is 2.00 bits per heavy atom. The minimum atomic E-state index is -0.812. The molecule has 0 heterocycles. The van der Waals surface area contributed by atoms with E-state index >= 15 is 0 Å². The molecule has 0 unspecified atom stereocenters. The highest BCUT2D eigenvalue weighted by atomic mass is 16.2. The fourth-order valence-corrected chi connectivity index (χ4v) is 0.226. The average molecular weight is 100 g/mol. The maximum atomic E-state index is 9.91. The van der Waals surface area contributed by atoms with Crippen LogP contribution in [-0.2, 0) is 9.59 Å². The van der Waals surface area contributed by atoms with Crippen molar-refractivity contribution < 1.29 is 9.59 Å². The third-order valence-electron chi connectivity index (χ3n) is 0.410. The van der Waals surface area contributed by atoms with E-state index < -0.39 is 5.91 Å². The van der Waals surface area contributed by atoms with Crippen LogP contribution in [0, 0.1) is 0 Å². The molecule has 0 aliphatic rings. The topological polar surface area (TPSA) is 57.9 Å². The van der Waals surface area contributed by atoms with Gasteiger partial charge in [0.1, 0.15) is 5.78 Å². The molecule has 0 aromatic heterocycles. The number of carbonyl (C=O) groups is 2. The van der Waals surface area contributed by atoms with E-state index in [4.69, 9.17) is 5.73 Å². The van der Waals surface area contributed by atoms with Crippen LogP contribution in [0.3, 0.4) is 0 Å². The van der Waals surface area contributed by atoms with Gasteiger partial charge in [-0.3, -0.25) is 15.3 Å². The second kappa shape index (κ2) is 2.34. The summed E-state index contributed by atoms with van der Waals surface area (Å²) in [6.45, 7) is 1.28. The molecule has 39 valence electrons. The predicted octanol–water partition coefficient (Wildman–Crippen LogP) is -0.225. The molecule has 0 fully saturated rings. The number of amides is 1. The van der Waals surface area contributed by atoms with Crippen molar-refractivity contribution in [2.75, 3.05) is 0 Å². The van der Waals surface area contributed by atoms with Gasteiger partial charge in [0.15, 0.2) is 0 Å². The number of ketones is 1. The Morgan fingerprint density at radius 1 is 1.57 bits per heavy atom. The quantitative estimate of drug-likeness (QED) is 0.450. The smallest absolute Gasteiger partial charge is 0.245 e. The summed E-state index contributed by atoms with van der Waals surface area (Å²) in [7, 11) is 0. The van der Waals surface area contributed by atoms with Crippen molar-refractivity contribution in [3.05, 3.63) is 0 Å². The number of Topliss-reactive ketones (excluding diaryl/α,β-unsaturated/α-hetero) is 1. The van der Waals surface area contributed by atoms with Gasteiger partial charge in [-0.15, -0.1) is 0 Å². The zero-order valence-corrected chi connectivity index (χ0v) is 4.02. The van der Waals surface area contributed by atoms with E-state index in [-0.39, 0.29) is 12.2 Å². The van der Waals surface area contributed by atoms with E-state index in [9.17, 15) is 9.59 Å². The number of nitrogens with one attached hydrogen (secondary N) is 1. The first-order valence-electron chi connectivity index (χ1n) is 1.87. The van der Waals surface area contributed by atoms with E-state index in [1.807, 2.05) is 0 Å². The van der Waals surface area contributed by atoms with Gasteiger partial charge in [0, 0.05) is 0 Å². The molecule has 0 aliphatic carbocycles.